The molecule has 1 N–H and O–H groups in total. The minimum absolute atomic E-state index is 0. The van der Waals surface area contributed by atoms with Crippen LogP contribution in [0.25, 0.3) is 0 Å². The van der Waals surface area contributed by atoms with Crippen molar-refractivity contribution in [1.82, 2.24) is 10.2 Å². The minimum atomic E-state index is -0.447. The predicted molar refractivity (Wildman–Crippen MR) is 99.0 cm³/mol. The van der Waals surface area contributed by atoms with Crippen molar-refractivity contribution in [2.45, 2.75) is 24.7 Å². The van der Waals surface area contributed by atoms with Crippen LogP contribution >= 0.6 is 24.0 Å². The fourth-order valence-corrected chi connectivity index (χ4v) is 4.02. The van der Waals surface area contributed by atoms with Gasteiger partial charge in [0.05, 0.1) is 5.41 Å². The second kappa shape index (κ2) is 8.52. The molecule has 2 saturated heterocycles. The Morgan fingerprint density at radius 2 is 2.00 bits per heavy atom. The first kappa shape index (κ1) is 19.5. The number of hydrogen-bond acceptors (Lipinski definition) is 3. The van der Waals surface area contributed by atoms with Crippen LogP contribution in [0.5, 0.6) is 0 Å². The molecule has 2 fully saturated rings. The number of rotatable bonds is 4. The van der Waals surface area contributed by atoms with E-state index in [9.17, 15) is 4.79 Å². The SMILES string of the molecule is CNCC1CCN(C(=O)C2(c3ccc(Cl)cc3)CCOCC2)C1.Cl. The molecule has 0 radical (unpaired) electrons. The Hall–Kier alpha value is -0.810. The van der Waals surface area contributed by atoms with Gasteiger partial charge in [0.1, 0.15) is 0 Å². The largest absolute Gasteiger partial charge is 0.381 e. The first-order valence-corrected chi connectivity index (χ1v) is 8.81. The van der Waals surface area contributed by atoms with Crippen LogP contribution in [-0.4, -0.2) is 50.7 Å². The van der Waals surface area contributed by atoms with Gasteiger partial charge in [-0.3, -0.25) is 4.79 Å². The Labute approximate surface area is 155 Å². The molecule has 2 heterocycles. The van der Waals surface area contributed by atoms with Crippen LogP contribution in [-0.2, 0) is 14.9 Å². The molecule has 0 spiro atoms. The fraction of sp³-hybridized carbons (Fsp3) is 0.611. The molecule has 1 aromatic carbocycles. The molecule has 0 aromatic heterocycles. The van der Waals surface area contributed by atoms with Crippen LogP contribution in [0.1, 0.15) is 24.8 Å². The first-order valence-electron chi connectivity index (χ1n) is 8.43. The van der Waals surface area contributed by atoms with E-state index in [-0.39, 0.29) is 18.3 Å². The topological polar surface area (TPSA) is 41.6 Å². The van der Waals surface area contributed by atoms with Crippen LogP contribution in [0.2, 0.25) is 5.02 Å². The molecule has 24 heavy (non-hydrogen) atoms. The van der Waals surface area contributed by atoms with E-state index in [4.69, 9.17) is 16.3 Å². The van der Waals surface area contributed by atoms with Crippen molar-refractivity contribution in [3.63, 3.8) is 0 Å². The maximum Gasteiger partial charge on any atom is 0.233 e. The molecule has 2 aliphatic rings. The van der Waals surface area contributed by atoms with E-state index in [0.29, 0.717) is 24.2 Å². The van der Waals surface area contributed by atoms with Gasteiger partial charge < -0.3 is 15.0 Å². The van der Waals surface area contributed by atoms with E-state index in [1.165, 1.54) is 0 Å². The van der Waals surface area contributed by atoms with Crippen LogP contribution in [0.15, 0.2) is 24.3 Å². The summed E-state index contributed by atoms with van der Waals surface area (Å²) in [5.74, 6) is 0.827. The van der Waals surface area contributed by atoms with Gasteiger partial charge in [-0.2, -0.15) is 0 Å². The molecule has 1 unspecified atom stereocenters. The third-order valence-corrected chi connectivity index (χ3v) is 5.47. The van der Waals surface area contributed by atoms with Gasteiger partial charge in [0.25, 0.3) is 0 Å². The van der Waals surface area contributed by atoms with Gasteiger partial charge in [-0.05, 0) is 56.5 Å². The molecule has 6 heteroatoms. The van der Waals surface area contributed by atoms with Gasteiger partial charge in [-0.1, -0.05) is 23.7 Å². The molecule has 2 aliphatic heterocycles. The number of ether oxygens (including phenoxy) is 1. The molecule has 0 bridgehead atoms. The summed E-state index contributed by atoms with van der Waals surface area (Å²) in [5.41, 5.74) is 0.629. The molecular formula is C18H26Cl2N2O2. The summed E-state index contributed by atoms with van der Waals surface area (Å²) in [6, 6.07) is 7.78. The molecule has 0 saturated carbocycles. The smallest absolute Gasteiger partial charge is 0.233 e. The van der Waals surface area contributed by atoms with E-state index in [0.717, 1.165) is 44.5 Å². The molecular weight excluding hydrogens is 347 g/mol. The monoisotopic (exact) mass is 372 g/mol. The average molecular weight is 373 g/mol. The van der Waals surface area contributed by atoms with E-state index < -0.39 is 5.41 Å². The number of carbonyl (C=O) groups is 1. The number of carbonyl (C=O) groups excluding carboxylic acids is 1. The average Bonchev–Trinajstić information content (AvgIpc) is 3.04. The Balaban J connectivity index is 0.00000208. The van der Waals surface area contributed by atoms with Gasteiger partial charge in [0.15, 0.2) is 0 Å². The molecule has 1 atom stereocenters. The maximum atomic E-state index is 13.4. The van der Waals surface area contributed by atoms with Crippen LogP contribution in [0.4, 0.5) is 0 Å². The number of likely N-dealkylation sites (tertiary alicyclic amines) is 1. The summed E-state index contributed by atoms with van der Waals surface area (Å²) in [4.78, 5) is 15.4. The number of nitrogens with zero attached hydrogens (tertiary/aromatic N) is 1. The molecule has 134 valence electrons. The van der Waals surface area contributed by atoms with Crippen molar-refractivity contribution in [3.05, 3.63) is 34.9 Å². The fourth-order valence-electron chi connectivity index (χ4n) is 3.89. The lowest BCUT2D eigenvalue weighted by molar-refractivity contribution is -0.140. The molecule has 1 amide bonds. The van der Waals surface area contributed by atoms with E-state index >= 15 is 0 Å². The first-order chi connectivity index (χ1) is 11.2. The highest BCUT2D eigenvalue weighted by Gasteiger charge is 2.45. The van der Waals surface area contributed by atoms with Crippen LogP contribution in [0, 0.1) is 5.92 Å². The highest BCUT2D eigenvalue weighted by molar-refractivity contribution is 6.30. The van der Waals surface area contributed by atoms with Gasteiger partial charge >= 0.3 is 0 Å². The molecule has 3 rings (SSSR count). The Morgan fingerprint density at radius 1 is 1.33 bits per heavy atom. The number of hydrogen-bond donors (Lipinski definition) is 1. The summed E-state index contributed by atoms with van der Waals surface area (Å²) in [5, 5.41) is 3.93. The lowest BCUT2D eigenvalue weighted by Crippen LogP contribution is -2.49. The van der Waals surface area contributed by atoms with Gasteiger partial charge in [-0.15, -0.1) is 12.4 Å². The van der Waals surface area contributed by atoms with Crippen molar-refractivity contribution >= 4 is 29.9 Å². The zero-order valence-electron chi connectivity index (χ0n) is 14.1. The summed E-state index contributed by atoms with van der Waals surface area (Å²) in [6.07, 6.45) is 2.58. The van der Waals surface area contributed by atoms with Crippen molar-refractivity contribution in [3.8, 4) is 0 Å². The highest BCUT2D eigenvalue weighted by Crippen LogP contribution is 2.38. The summed E-state index contributed by atoms with van der Waals surface area (Å²) in [6.45, 7) is 3.97. The van der Waals surface area contributed by atoms with Crippen LogP contribution in [0.3, 0.4) is 0 Å². The van der Waals surface area contributed by atoms with Crippen molar-refractivity contribution in [1.29, 1.82) is 0 Å². The quantitative estimate of drug-likeness (QED) is 0.883. The second-order valence-corrected chi connectivity index (χ2v) is 7.10. The summed E-state index contributed by atoms with van der Waals surface area (Å²) in [7, 11) is 1.97. The number of halogens is 2. The lowest BCUT2D eigenvalue weighted by atomic mass is 9.73. The van der Waals surface area contributed by atoms with E-state index in [1.807, 2.05) is 31.3 Å². The van der Waals surface area contributed by atoms with E-state index in [2.05, 4.69) is 10.2 Å². The van der Waals surface area contributed by atoms with Gasteiger partial charge in [0.2, 0.25) is 5.91 Å². The Kier molecular flexibility index (Phi) is 6.93. The maximum absolute atomic E-state index is 13.4. The van der Waals surface area contributed by atoms with Crippen molar-refractivity contribution in [2.24, 2.45) is 5.92 Å². The highest BCUT2D eigenvalue weighted by atomic mass is 35.5. The second-order valence-electron chi connectivity index (χ2n) is 6.66. The molecule has 1 aromatic rings. The Morgan fingerprint density at radius 3 is 2.62 bits per heavy atom. The number of nitrogens with one attached hydrogen (secondary N) is 1. The standard InChI is InChI=1S/C18H25ClN2O2.ClH/c1-20-12-14-6-9-21(13-14)17(22)18(7-10-23-11-8-18)15-2-4-16(19)5-3-15;/h2-5,14,20H,6-13H2,1H3;1H. The van der Waals surface area contributed by atoms with Crippen LogP contribution < -0.4 is 5.32 Å². The molecule has 4 nitrogen and oxygen atoms in total. The third-order valence-electron chi connectivity index (χ3n) is 5.22. The van der Waals surface area contributed by atoms with E-state index in [1.54, 1.807) is 0 Å². The predicted octanol–water partition coefficient (Wildman–Crippen LogP) is 2.88. The normalized spacial score (nSPS) is 22.9. The number of benzene rings is 1. The molecule has 0 aliphatic carbocycles. The van der Waals surface area contributed by atoms with Crippen molar-refractivity contribution < 1.29 is 9.53 Å². The summed E-state index contributed by atoms with van der Waals surface area (Å²) >= 11 is 6.03. The van der Waals surface area contributed by atoms with Gasteiger partial charge in [0, 0.05) is 31.3 Å². The van der Waals surface area contributed by atoms with Crippen molar-refractivity contribution in [2.75, 3.05) is 39.9 Å². The number of amides is 1. The summed E-state index contributed by atoms with van der Waals surface area (Å²) < 4.78 is 5.54. The lowest BCUT2D eigenvalue weighted by Gasteiger charge is -2.39. The zero-order valence-corrected chi connectivity index (χ0v) is 15.7. The Bertz CT molecular complexity index is 544. The third kappa shape index (κ3) is 3.88. The minimum Gasteiger partial charge on any atom is -0.381 e. The zero-order chi connectivity index (χ0) is 16.3. The van der Waals surface area contributed by atoms with Gasteiger partial charge in [-0.25, -0.2) is 0 Å².